The Labute approximate surface area is 123 Å². The average molecular weight is 289 g/mol. The quantitative estimate of drug-likeness (QED) is 0.653. The second-order valence-corrected chi connectivity index (χ2v) is 4.94. The monoisotopic (exact) mass is 289 g/mol. The van der Waals surface area contributed by atoms with Crippen LogP contribution in [0.1, 0.15) is 5.56 Å². The maximum atomic E-state index is 11.5. The molecular weight excluding hydrogens is 270 g/mol. The summed E-state index contributed by atoms with van der Waals surface area (Å²) in [6.07, 6.45) is 4.04. The van der Waals surface area contributed by atoms with E-state index in [0.717, 1.165) is 17.7 Å². The summed E-state index contributed by atoms with van der Waals surface area (Å²) in [7, 11) is 0. The highest BCUT2D eigenvalue weighted by molar-refractivity contribution is 6.01. The minimum Gasteiger partial charge on any atom is -0.395 e. The largest absolute Gasteiger partial charge is 0.395 e. The molecule has 0 amide bonds. The van der Waals surface area contributed by atoms with Gasteiger partial charge in [-0.15, -0.1) is 0 Å². The standard InChI is InChI=1S/C16H19NO4/c18-11-10-17(9-7-13-4-2-1-3-5-13)15-12-14(19)6-8-16(15,20)21/h1-6,8,12,18,20-21H,7,9-11H2. The minimum absolute atomic E-state index is 0.0972. The first kappa shape index (κ1) is 15.4. The Morgan fingerprint density at radius 2 is 1.81 bits per heavy atom. The van der Waals surface area contributed by atoms with Gasteiger partial charge < -0.3 is 20.2 Å². The molecule has 2 rings (SSSR count). The van der Waals surface area contributed by atoms with Gasteiger partial charge >= 0.3 is 0 Å². The van der Waals surface area contributed by atoms with Crippen molar-refractivity contribution in [2.45, 2.75) is 12.2 Å². The van der Waals surface area contributed by atoms with Gasteiger partial charge in [0.25, 0.3) is 0 Å². The Morgan fingerprint density at radius 3 is 2.48 bits per heavy atom. The lowest BCUT2D eigenvalue weighted by atomic mass is 10.0. The van der Waals surface area contributed by atoms with Crippen LogP contribution in [0.5, 0.6) is 0 Å². The van der Waals surface area contributed by atoms with Gasteiger partial charge in [0, 0.05) is 19.2 Å². The summed E-state index contributed by atoms with van der Waals surface area (Å²) in [5.41, 5.74) is 1.19. The molecule has 0 radical (unpaired) electrons. The van der Waals surface area contributed by atoms with Gasteiger partial charge in [0.15, 0.2) is 5.78 Å². The Hall–Kier alpha value is -1.95. The summed E-state index contributed by atoms with van der Waals surface area (Å²) in [4.78, 5) is 13.1. The van der Waals surface area contributed by atoms with E-state index in [-0.39, 0.29) is 24.6 Å². The molecule has 1 aromatic rings. The van der Waals surface area contributed by atoms with Crippen molar-refractivity contribution < 1.29 is 20.1 Å². The fraction of sp³-hybridized carbons (Fsp3) is 0.312. The Kier molecular flexibility index (Phi) is 4.90. The lowest BCUT2D eigenvalue weighted by molar-refractivity contribution is -0.118. The molecule has 0 aliphatic heterocycles. The summed E-state index contributed by atoms with van der Waals surface area (Å²) in [5, 5.41) is 29.1. The normalized spacial score (nSPS) is 16.7. The lowest BCUT2D eigenvalue weighted by Crippen LogP contribution is -2.43. The molecule has 0 saturated heterocycles. The second kappa shape index (κ2) is 6.67. The zero-order chi connectivity index (χ0) is 15.3. The molecule has 3 N–H and O–H groups in total. The number of aliphatic hydroxyl groups is 3. The van der Waals surface area contributed by atoms with Gasteiger partial charge in [-0.1, -0.05) is 30.3 Å². The molecule has 0 heterocycles. The van der Waals surface area contributed by atoms with Crippen molar-refractivity contribution in [2.75, 3.05) is 19.7 Å². The Balaban J connectivity index is 2.13. The van der Waals surface area contributed by atoms with Crippen LogP contribution < -0.4 is 0 Å². The van der Waals surface area contributed by atoms with Crippen LogP contribution >= 0.6 is 0 Å². The summed E-state index contributed by atoms with van der Waals surface area (Å²) < 4.78 is 0. The first-order valence-electron chi connectivity index (χ1n) is 6.83. The fourth-order valence-electron chi connectivity index (χ4n) is 2.28. The molecule has 1 aliphatic rings. The topological polar surface area (TPSA) is 81.0 Å². The average Bonchev–Trinajstić information content (AvgIpc) is 2.47. The van der Waals surface area contributed by atoms with E-state index in [9.17, 15) is 15.0 Å². The third-order valence-electron chi connectivity index (χ3n) is 3.36. The van der Waals surface area contributed by atoms with Crippen molar-refractivity contribution in [1.29, 1.82) is 0 Å². The van der Waals surface area contributed by atoms with Crippen molar-refractivity contribution in [1.82, 2.24) is 4.90 Å². The molecule has 0 saturated carbocycles. The molecule has 21 heavy (non-hydrogen) atoms. The molecule has 112 valence electrons. The molecule has 0 unspecified atom stereocenters. The van der Waals surface area contributed by atoms with Crippen LogP contribution in [0, 0.1) is 0 Å². The number of rotatable bonds is 6. The number of carbonyl (C=O) groups excluding carboxylic acids is 1. The van der Waals surface area contributed by atoms with Crippen molar-refractivity contribution in [2.24, 2.45) is 0 Å². The molecular formula is C16H19NO4. The molecule has 5 nitrogen and oxygen atoms in total. The predicted molar refractivity (Wildman–Crippen MR) is 78.2 cm³/mol. The van der Waals surface area contributed by atoms with Crippen molar-refractivity contribution in [3.63, 3.8) is 0 Å². The van der Waals surface area contributed by atoms with E-state index in [1.54, 1.807) is 4.90 Å². The van der Waals surface area contributed by atoms with Crippen LogP contribution in [0.3, 0.4) is 0 Å². The van der Waals surface area contributed by atoms with E-state index in [2.05, 4.69) is 0 Å². The lowest BCUT2D eigenvalue weighted by Gasteiger charge is -2.34. The van der Waals surface area contributed by atoms with Gasteiger partial charge in [0.2, 0.25) is 5.79 Å². The van der Waals surface area contributed by atoms with Gasteiger partial charge in [-0.25, -0.2) is 0 Å². The molecule has 5 heteroatoms. The van der Waals surface area contributed by atoms with Crippen LogP contribution in [-0.2, 0) is 11.2 Å². The summed E-state index contributed by atoms with van der Waals surface area (Å²) in [5.74, 6) is -2.48. The van der Waals surface area contributed by atoms with Crippen molar-refractivity contribution >= 4 is 5.78 Å². The summed E-state index contributed by atoms with van der Waals surface area (Å²) >= 11 is 0. The van der Waals surface area contributed by atoms with E-state index < -0.39 is 5.79 Å². The van der Waals surface area contributed by atoms with Crippen LogP contribution in [-0.4, -0.2) is 51.5 Å². The number of ketones is 1. The maximum absolute atomic E-state index is 11.5. The molecule has 1 aliphatic carbocycles. The van der Waals surface area contributed by atoms with Gasteiger partial charge in [0.1, 0.15) is 0 Å². The van der Waals surface area contributed by atoms with Crippen LogP contribution in [0.25, 0.3) is 0 Å². The van der Waals surface area contributed by atoms with Crippen molar-refractivity contribution in [3.8, 4) is 0 Å². The highest BCUT2D eigenvalue weighted by atomic mass is 16.5. The number of nitrogens with zero attached hydrogens (tertiary/aromatic N) is 1. The smallest absolute Gasteiger partial charge is 0.225 e. The number of benzene rings is 1. The molecule has 0 aromatic heterocycles. The highest BCUT2D eigenvalue weighted by Gasteiger charge is 2.33. The van der Waals surface area contributed by atoms with E-state index in [1.165, 1.54) is 6.08 Å². The van der Waals surface area contributed by atoms with E-state index in [1.807, 2.05) is 30.3 Å². The summed E-state index contributed by atoms with van der Waals surface area (Å²) in [6.45, 7) is 0.559. The zero-order valence-corrected chi connectivity index (χ0v) is 11.6. The zero-order valence-electron chi connectivity index (χ0n) is 11.6. The maximum Gasteiger partial charge on any atom is 0.225 e. The summed E-state index contributed by atoms with van der Waals surface area (Å²) in [6, 6.07) is 9.74. The Bertz CT molecular complexity index is 549. The fourth-order valence-corrected chi connectivity index (χ4v) is 2.28. The number of hydrogen-bond acceptors (Lipinski definition) is 5. The number of allylic oxidation sites excluding steroid dienone is 2. The third kappa shape index (κ3) is 4.01. The van der Waals surface area contributed by atoms with Crippen molar-refractivity contribution in [3.05, 3.63) is 59.8 Å². The van der Waals surface area contributed by atoms with E-state index in [0.29, 0.717) is 13.0 Å². The molecule has 0 fully saturated rings. The van der Waals surface area contributed by atoms with Gasteiger partial charge in [0.05, 0.1) is 12.3 Å². The first-order chi connectivity index (χ1) is 10.0. The second-order valence-electron chi connectivity index (χ2n) is 4.94. The van der Waals surface area contributed by atoms with Crippen LogP contribution in [0.15, 0.2) is 54.3 Å². The Morgan fingerprint density at radius 1 is 1.10 bits per heavy atom. The minimum atomic E-state index is -2.18. The third-order valence-corrected chi connectivity index (χ3v) is 3.36. The van der Waals surface area contributed by atoms with Crippen LogP contribution in [0.4, 0.5) is 0 Å². The van der Waals surface area contributed by atoms with Gasteiger partial charge in [-0.05, 0) is 24.1 Å². The number of aliphatic hydroxyl groups excluding tert-OH is 1. The number of carbonyl (C=O) groups is 1. The predicted octanol–water partition coefficient (Wildman–Crippen LogP) is 0.227. The SMILES string of the molecule is O=C1C=CC(O)(O)C(N(CCO)CCc2ccccc2)=C1. The van der Waals surface area contributed by atoms with Gasteiger partial charge in [-0.2, -0.15) is 0 Å². The molecule has 0 spiro atoms. The highest BCUT2D eigenvalue weighted by Crippen LogP contribution is 2.23. The van der Waals surface area contributed by atoms with E-state index >= 15 is 0 Å². The molecule has 0 atom stereocenters. The molecule has 1 aromatic carbocycles. The van der Waals surface area contributed by atoms with E-state index in [4.69, 9.17) is 5.11 Å². The molecule has 0 bridgehead atoms. The number of hydrogen-bond donors (Lipinski definition) is 3. The first-order valence-corrected chi connectivity index (χ1v) is 6.83. The van der Waals surface area contributed by atoms with Gasteiger partial charge in [-0.3, -0.25) is 4.79 Å². The van der Waals surface area contributed by atoms with Crippen LogP contribution in [0.2, 0.25) is 0 Å².